The van der Waals surface area contributed by atoms with Crippen LogP contribution in [0.3, 0.4) is 0 Å². The third-order valence-corrected chi connectivity index (χ3v) is 3.51. The lowest BCUT2D eigenvalue weighted by Crippen LogP contribution is -2.28. The first-order chi connectivity index (χ1) is 11.2. The van der Waals surface area contributed by atoms with Crippen molar-refractivity contribution in [2.24, 2.45) is 0 Å². The number of benzene rings is 2. The summed E-state index contributed by atoms with van der Waals surface area (Å²) in [7, 11) is 0. The Hall–Kier alpha value is -2.49. The summed E-state index contributed by atoms with van der Waals surface area (Å²) in [6, 6.07) is 15.3. The molecule has 122 valence electrons. The SMILES string of the molecule is CCCCOc1ccc(NC(=O)NCc2ccccc2)c(C)c1. The zero-order chi connectivity index (χ0) is 16.5. The van der Waals surface area contributed by atoms with Crippen LogP contribution in [0.1, 0.15) is 30.9 Å². The van der Waals surface area contributed by atoms with Crippen LogP contribution in [0, 0.1) is 6.92 Å². The summed E-state index contributed by atoms with van der Waals surface area (Å²) >= 11 is 0. The van der Waals surface area contributed by atoms with Crippen LogP contribution in [0.15, 0.2) is 48.5 Å². The Kier molecular flexibility index (Phi) is 6.48. The van der Waals surface area contributed by atoms with Crippen molar-refractivity contribution in [2.75, 3.05) is 11.9 Å². The molecule has 0 aliphatic carbocycles. The molecule has 4 heteroatoms. The van der Waals surface area contributed by atoms with E-state index in [2.05, 4.69) is 17.6 Å². The first kappa shape index (κ1) is 16.9. The molecule has 23 heavy (non-hydrogen) atoms. The number of amides is 2. The molecule has 4 nitrogen and oxygen atoms in total. The van der Waals surface area contributed by atoms with Crippen molar-refractivity contribution >= 4 is 11.7 Å². The number of rotatable bonds is 7. The average molecular weight is 312 g/mol. The molecule has 2 aromatic rings. The lowest BCUT2D eigenvalue weighted by atomic mass is 10.2. The fourth-order valence-corrected chi connectivity index (χ4v) is 2.15. The Morgan fingerprint density at radius 1 is 1.13 bits per heavy atom. The molecule has 2 rings (SSSR count). The number of urea groups is 1. The van der Waals surface area contributed by atoms with Gasteiger partial charge in [-0.25, -0.2) is 4.79 Å². The molecule has 0 unspecified atom stereocenters. The average Bonchev–Trinajstić information content (AvgIpc) is 2.57. The predicted octanol–water partition coefficient (Wildman–Crippen LogP) is 4.50. The number of hydrogen-bond donors (Lipinski definition) is 2. The summed E-state index contributed by atoms with van der Waals surface area (Å²) in [5.74, 6) is 0.839. The van der Waals surface area contributed by atoms with Crippen LogP contribution in [-0.2, 0) is 6.54 Å². The number of hydrogen-bond acceptors (Lipinski definition) is 2. The van der Waals surface area contributed by atoms with Crippen LogP contribution < -0.4 is 15.4 Å². The Labute approximate surface area is 137 Å². The summed E-state index contributed by atoms with van der Waals surface area (Å²) in [5.41, 5.74) is 2.84. The highest BCUT2D eigenvalue weighted by atomic mass is 16.5. The smallest absolute Gasteiger partial charge is 0.319 e. The van der Waals surface area contributed by atoms with Gasteiger partial charge in [0, 0.05) is 12.2 Å². The molecular formula is C19H24N2O2. The third kappa shape index (κ3) is 5.66. The highest BCUT2D eigenvalue weighted by Gasteiger charge is 2.05. The molecule has 0 aromatic heterocycles. The van der Waals surface area contributed by atoms with Gasteiger partial charge in [-0.1, -0.05) is 43.7 Å². The van der Waals surface area contributed by atoms with Crippen LogP contribution in [0.5, 0.6) is 5.75 Å². The van der Waals surface area contributed by atoms with E-state index in [0.29, 0.717) is 6.54 Å². The van der Waals surface area contributed by atoms with Crippen LogP contribution in [0.2, 0.25) is 0 Å². The number of carbonyl (C=O) groups excluding carboxylic acids is 1. The zero-order valence-electron chi connectivity index (χ0n) is 13.8. The Bertz CT molecular complexity index is 627. The first-order valence-electron chi connectivity index (χ1n) is 8.01. The van der Waals surface area contributed by atoms with Gasteiger partial charge in [-0.2, -0.15) is 0 Å². The summed E-state index contributed by atoms with van der Waals surface area (Å²) in [5, 5.41) is 5.72. The highest BCUT2D eigenvalue weighted by Crippen LogP contribution is 2.21. The van der Waals surface area contributed by atoms with E-state index in [4.69, 9.17) is 4.74 Å². The van der Waals surface area contributed by atoms with E-state index < -0.39 is 0 Å². The van der Waals surface area contributed by atoms with E-state index in [9.17, 15) is 4.79 Å². The van der Waals surface area contributed by atoms with E-state index in [1.807, 2.05) is 55.5 Å². The predicted molar refractivity (Wildman–Crippen MR) is 93.9 cm³/mol. The molecule has 0 saturated carbocycles. The van der Waals surface area contributed by atoms with Crippen LogP contribution in [-0.4, -0.2) is 12.6 Å². The molecule has 0 aliphatic rings. The first-order valence-corrected chi connectivity index (χ1v) is 8.01. The van der Waals surface area contributed by atoms with Gasteiger partial charge >= 0.3 is 6.03 Å². The molecule has 2 N–H and O–H groups in total. The van der Waals surface area contributed by atoms with Gasteiger partial charge in [-0.3, -0.25) is 0 Å². The molecule has 0 bridgehead atoms. The second kappa shape index (κ2) is 8.83. The molecule has 0 heterocycles. The maximum Gasteiger partial charge on any atom is 0.319 e. The number of nitrogens with one attached hydrogen (secondary N) is 2. The van der Waals surface area contributed by atoms with E-state index in [0.717, 1.165) is 42.0 Å². The number of unbranched alkanes of at least 4 members (excludes halogenated alkanes) is 1. The van der Waals surface area contributed by atoms with Gasteiger partial charge in [0.15, 0.2) is 0 Å². The Morgan fingerprint density at radius 3 is 2.61 bits per heavy atom. The fraction of sp³-hybridized carbons (Fsp3) is 0.316. The van der Waals surface area contributed by atoms with E-state index in [-0.39, 0.29) is 6.03 Å². The number of carbonyl (C=O) groups is 1. The van der Waals surface area contributed by atoms with Crippen molar-refractivity contribution < 1.29 is 9.53 Å². The summed E-state index contributed by atoms with van der Waals surface area (Å²) in [4.78, 5) is 12.0. The molecular weight excluding hydrogens is 288 g/mol. The van der Waals surface area contributed by atoms with Crippen molar-refractivity contribution in [3.63, 3.8) is 0 Å². The lowest BCUT2D eigenvalue weighted by molar-refractivity contribution is 0.251. The van der Waals surface area contributed by atoms with E-state index in [1.165, 1.54) is 0 Å². The van der Waals surface area contributed by atoms with Crippen molar-refractivity contribution in [3.05, 3.63) is 59.7 Å². The summed E-state index contributed by atoms with van der Waals surface area (Å²) in [6.07, 6.45) is 2.15. The summed E-state index contributed by atoms with van der Waals surface area (Å²) < 4.78 is 5.66. The minimum absolute atomic E-state index is 0.211. The minimum Gasteiger partial charge on any atom is -0.494 e. The van der Waals surface area contributed by atoms with Gasteiger partial charge in [0.05, 0.1) is 6.61 Å². The number of ether oxygens (including phenoxy) is 1. The lowest BCUT2D eigenvalue weighted by Gasteiger charge is -2.12. The molecule has 0 spiro atoms. The van der Waals surface area contributed by atoms with Crippen molar-refractivity contribution in [2.45, 2.75) is 33.2 Å². The standard InChI is InChI=1S/C19H24N2O2/c1-3-4-12-23-17-10-11-18(15(2)13-17)21-19(22)20-14-16-8-6-5-7-9-16/h5-11,13H,3-4,12,14H2,1-2H3,(H2,20,21,22). The number of anilines is 1. The topological polar surface area (TPSA) is 50.4 Å². The minimum atomic E-state index is -0.211. The van der Waals surface area contributed by atoms with Crippen molar-refractivity contribution in [1.82, 2.24) is 5.32 Å². The highest BCUT2D eigenvalue weighted by molar-refractivity contribution is 5.90. The zero-order valence-corrected chi connectivity index (χ0v) is 13.8. The molecule has 0 atom stereocenters. The maximum atomic E-state index is 12.0. The van der Waals surface area contributed by atoms with Gasteiger partial charge in [0.2, 0.25) is 0 Å². The molecule has 0 fully saturated rings. The monoisotopic (exact) mass is 312 g/mol. The Balaban J connectivity index is 1.85. The largest absolute Gasteiger partial charge is 0.494 e. The normalized spacial score (nSPS) is 10.2. The van der Waals surface area contributed by atoms with Crippen LogP contribution >= 0.6 is 0 Å². The van der Waals surface area contributed by atoms with Gasteiger partial charge < -0.3 is 15.4 Å². The fourth-order valence-electron chi connectivity index (χ4n) is 2.15. The van der Waals surface area contributed by atoms with Gasteiger partial charge in [-0.05, 0) is 42.7 Å². The molecule has 0 radical (unpaired) electrons. The summed E-state index contributed by atoms with van der Waals surface area (Å²) in [6.45, 7) is 5.32. The maximum absolute atomic E-state index is 12.0. The van der Waals surface area contributed by atoms with Crippen molar-refractivity contribution in [3.8, 4) is 5.75 Å². The number of aryl methyl sites for hydroxylation is 1. The van der Waals surface area contributed by atoms with Gasteiger partial charge in [0.1, 0.15) is 5.75 Å². The van der Waals surface area contributed by atoms with E-state index >= 15 is 0 Å². The van der Waals surface area contributed by atoms with Crippen LogP contribution in [0.25, 0.3) is 0 Å². The Morgan fingerprint density at radius 2 is 1.91 bits per heavy atom. The molecule has 0 aliphatic heterocycles. The molecule has 2 aromatic carbocycles. The van der Waals surface area contributed by atoms with Gasteiger partial charge in [-0.15, -0.1) is 0 Å². The quantitative estimate of drug-likeness (QED) is 0.740. The van der Waals surface area contributed by atoms with Crippen LogP contribution in [0.4, 0.5) is 10.5 Å². The van der Waals surface area contributed by atoms with Crippen molar-refractivity contribution in [1.29, 1.82) is 0 Å². The second-order valence-corrected chi connectivity index (χ2v) is 5.47. The van der Waals surface area contributed by atoms with E-state index in [1.54, 1.807) is 0 Å². The third-order valence-electron chi connectivity index (χ3n) is 3.51. The molecule has 2 amide bonds. The second-order valence-electron chi connectivity index (χ2n) is 5.47. The molecule has 0 saturated heterocycles. The van der Waals surface area contributed by atoms with Gasteiger partial charge in [0.25, 0.3) is 0 Å².